The standard InChI is InChI=1S/C15H21N3O3/c1-4-9-18(10-14(20)16-3)15(21)17-13-7-5-12(6-8-13)11(2)19/h5-8H,4,9-10H2,1-3H3,(H,16,20)(H,17,21). The second-order valence-electron chi connectivity index (χ2n) is 4.66. The van der Waals surface area contributed by atoms with Gasteiger partial charge in [0, 0.05) is 24.8 Å². The van der Waals surface area contributed by atoms with Crippen LogP contribution in [0.3, 0.4) is 0 Å². The van der Waals surface area contributed by atoms with Gasteiger partial charge in [0.15, 0.2) is 5.78 Å². The fraction of sp³-hybridized carbons (Fsp3) is 0.400. The fourth-order valence-electron chi connectivity index (χ4n) is 1.77. The van der Waals surface area contributed by atoms with Gasteiger partial charge in [-0.3, -0.25) is 9.59 Å². The summed E-state index contributed by atoms with van der Waals surface area (Å²) in [5, 5.41) is 5.21. The van der Waals surface area contributed by atoms with E-state index < -0.39 is 0 Å². The molecule has 0 saturated carbocycles. The third kappa shape index (κ3) is 5.25. The Morgan fingerprint density at radius 2 is 1.76 bits per heavy atom. The molecule has 0 aromatic heterocycles. The van der Waals surface area contributed by atoms with Gasteiger partial charge in [-0.1, -0.05) is 6.92 Å². The van der Waals surface area contributed by atoms with Crippen LogP contribution in [0, 0.1) is 0 Å². The molecule has 0 spiro atoms. The van der Waals surface area contributed by atoms with Gasteiger partial charge in [-0.05, 0) is 37.6 Å². The highest BCUT2D eigenvalue weighted by Gasteiger charge is 2.15. The van der Waals surface area contributed by atoms with Crippen molar-refractivity contribution >= 4 is 23.4 Å². The minimum absolute atomic E-state index is 0.0156. The molecule has 6 heteroatoms. The zero-order valence-corrected chi connectivity index (χ0v) is 12.6. The van der Waals surface area contributed by atoms with Gasteiger partial charge in [-0.15, -0.1) is 0 Å². The van der Waals surface area contributed by atoms with E-state index in [9.17, 15) is 14.4 Å². The Morgan fingerprint density at radius 3 is 2.24 bits per heavy atom. The third-order valence-electron chi connectivity index (χ3n) is 2.94. The maximum atomic E-state index is 12.1. The molecule has 0 aliphatic carbocycles. The van der Waals surface area contributed by atoms with E-state index in [1.807, 2.05) is 6.92 Å². The lowest BCUT2D eigenvalue weighted by Gasteiger charge is -2.21. The molecule has 6 nitrogen and oxygen atoms in total. The molecule has 1 aromatic carbocycles. The summed E-state index contributed by atoms with van der Waals surface area (Å²) in [7, 11) is 1.53. The number of ketones is 1. The number of nitrogens with one attached hydrogen (secondary N) is 2. The third-order valence-corrected chi connectivity index (χ3v) is 2.94. The predicted octanol–water partition coefficient (Wildman–Crippen LogP) is 1.88. The number of benzene rings is 1. The van der Waals surface area contributed by atoms with Gasteiger partial charge in [0.2, 0.25) is 5.91 Å². The summed E-state index contributed by atoms with van der Waals surface area (Å²) in [6, 6.07) is 6.30. The van der Waals surface area contributed by atoms with E-state index >= 15 is 0 Å². The van der Waals surface area contributed by atoms with E-state index in [1.54, 1.807) is 24.3 Å². The molecular formula is C15H21N3O3. The first-order chi connectivity index (χ1) is 9.97. The molecule has 0 radical (unpaired) electrons. The molecule has 1 rings (SSSR count). The molecule has 0 unspecified atom stereocenters. The Bertz CT molecular complexity index is 511. The molecular weight excluding hydrogens is 270 g/mol. The highest BCUT2D eigenvalue weighted by atomic mass is 16.2. The Morgan fingerprint density at radius 1 is 1.14 bits per heavy atom. The summed E-state index contributed by atoms with van der Waals surface area (Å²) in [5.74, 6) is -0.245. The van der Waals surface area contributed by atoms with E-state index in [2.05, 4.69) is 10.6 Å². The van der Waals surface area contributed by atoms with Crippen molar-refractivity contribution in [2.75, 3.05) is 25.5 Å². The van der Waals surface area contributed by atoms with Crippen molar-refractivity contribution in [1.82, 2.24) is 10.2 Å². The van der Waals surface area contributed by atoms with Gasteiger partial charge in [0.05, 0.1) is 0 Å². The number of carbonyl (C=O) groups excluding carboxylic acids is 3. The number of amides is 3. The van der Waals surface area contributed by atoms with Crippen molar-refractivity contribution < 1.29 is 14.4 Å². The minimum Gasteiger partial charge on any atom is -0.358 e. The number of anilines is 1. The van der Waals surface area contributed by atoms with E-state index in [1.165, 1.54) is 18.9 Å². The summed E-state index contributed by atoms with van der Waals surface area (Å²) >= 11 is 0. The average Bonchev–Trinajstić information content (AvgIpc) is 2.47. The van der Waals surface area contributed by atoms with Gasteiger partial charge in [0.25, 0.3) is 0 Å². The van der Waals surface area contributed by atoms with Crippen LogP contribution < -0.4 is 10.6 Å². The second kappa shape index (κ2) is 8.04. The molecule has 3 amide bonds. The normalized spacial score (nSPS) is 9.86. The Labute approximate surface area is 124 Å². The summed E-state index contributed by atoms with van der Waals surface area (Å²) < 4.78 is 0. The molecule has 0 aliphatic rings. The number of carbonyl (C=O) groups is 3. The quantitative estimate of drug-likeness (QED) is 0.785. The van der Waals surface area contributed by atoms with Crippen LogP contribution in [0.5, 0.6) is 0 Å². The number of hydrogen-bond donors (Lipinski definition) is 2. The average molecular weight is 291 g/mol. The Balaban J connectivity index is 2.71. The smallest absolute Gasteiger partial charge is 0.322 e. The molecule has 2 N–H and O–H groups in total. The van der Waals surface area contributed by atoms with Crippen molar-refractivity contribution in [3.8, 4) is 0 Å². The highest BCUT2D eigenvalue weighted by Crippen LogP contribution is 2.11. The summed E-state index contributed by atoms with van der Waals surface area (Å²) in [6.45, 7) is 3.93. The highest BCUT2D eigenvalue weighted by molar-refractivity contribution is 5.96. The van der Waals surface area contributed by atoms with Gasteiger partial charge in [0.1, 0.15) is 6.54 Å². The maximum Gasteiger partial charge on any atom is 0.322 e. The first-order valence-electron chi connectivity index (χ1n) is 6.85. The number of hydrogen-bond acceptors (Lipinski definition) is 3. The zero-order valence-electron chi connectivity index (χ0n) is 12.6. The number of likely N-dealkylation sites (N-methyl/N-ethyl adjacent to an activating group) is 1. The summed E-state index contributed by atoms with van der Waals surface area (Å²) in [6.07, 6.45) is 0.758. The molecule has 114 valence electrons. The number of nitrogens with zero attached hydrogens (tertiary/aromatic N) is 1. The summed E-state index contributed by atoms with van der Waals surface area (Å²) in [5.41, 5.74) is 1.17. The van der Waals surface area contributed by atoms with Crippen LogP contribution in [0.15, 0.2) is 24.3 Å². The Kier molecular flexibility index (Phi) is 6.39. The molecule has 0 aliphatic heterocycles. The van der Waals surface area contributed by atoms with Crippen LogP contribution >= 0.6 is 0 Å². The second-order valence-corrected chi connectivity index (χ2v) is 4.66. The molecule has 0 saturated heterocycles. The first-order valence-corrected chi connectivity index (χ1v) is 6.85. The monoisotopic (exact) mass is 291 g/mol. The SMILES string of the molecule is CCCN(CC(=O)NC)C(=O)Nc1ccc(C(C)=O)cc1. The van der Waals surface area contributed by atoms with Crippen molar-refractivity contribution in [3.05, 3.63) is 29.8 Å². The van der Waals surface area contributed by atoms with E-state index in [0.29, 0.717) is 17.8 Å². The zero-order chi connectivity index (χ0) is 15.8. The van der Waals surface area contributed by atoms with E-state index in [-0.39, 0.29) is 24.3 Å². The van der Waals surface area contributed by atoms with Crippen LogP contribution in [0.1, 0.15) is 30.6 Å². The number of urea groups is 1. The van der Waals surface area contributed by atoms with E-state index in [0.717, 1.165) is 6.42 Å². The number of Topliss-reactive ketones (excluding diaryl/α,β-unsaturated/α-hetero) is 1. The molecule has 0 heterocycles. The topological polar surface area (TPSA) is 78.5 Å². The van der Waals surface area contributed by atoms with Crippen molar-refractivity contribution in [3.63, 3.8) is 0 Å². The fourth-order valence-corrected chi connectivity index (χ4v) is 1.77. The van der Waals surface area contributed by atoms with Gasteiger partial charge >= 0.3 is 6.03 Å². The van der Waals surface area contributed by atoms with Crippen LogP contribution in [-0.2, 0) is 4.79 Å². The lowest BCUT2D eigenvalue weighted by molar-refractivity contribution is -0.121. The molecule has 0 fully saturated rings. The number of rotatable bonds is 6. The maximum absolute atomic E-state index is 12.1. The van der Waals surface area contributed by atoms with Crippen LogP contribution in [0.2, 0.25) is 0 Å². The van der Waals surface area contributed by atoms with Crippen LogP contribution in [0.25, 0.3) is 0 Å². The Hall–Kier alpha value is -2.37. The van der Waals surface area contributed by atoms with Crippen LogP contribution in [0.4, 0.5) is 10.5 Å². The van der Waals surface area contributed by atoms with Crippen molar-refractivity contribution in [2.24, 2.45) is 0 Å². The van der Waals surface area contributed by atoms with Crippen molar-refractivity contribution in [1.29, 1.82) is 0 Å². The lowest BCUT2D eigenvalue weighted by Crippen LogP contribution is -2.42. The minimum atomic E-state index is -0.337. The summed E-state index contributed by atoms with van der Waals surface area (Å²) in [4.78, 5) is 36.2. The predicted molar refractivity (Wildman–Crippen MR) is 81.4 cm³/mol. The van der Waals surface area contributed by atoms with Gasteiger partial charge in [-0.25, -0.2) is 4.79 Å². The van der Waals surface area contributed by atoms with Gasteiger partial charge in [-0.2, -0.15) is 0 Å². The van der Waals surface area contributed by atoms with Gasteiger partial charge < -0.3 is 15.5 Å². The van der Waals surface area contributed by atoms with Crippen LogP contribution in [-0.4, -0.2) is 42.8 Å². The van der Waals surface area contributed by atoms with E-state index in [4.69, 9.17) is 0 Å². The lowest BCUT2D eigenvalue weighted by atomic mass is 10.1. The van der Waals surface area contributed by atoms with Crippen molar-refractivity contribution in [2.45, 2.75) is 20.3 Å². The molecule has 0 bridgehead atoms. The molecule has 21 heavy (non-hydrogen) atoms. The molecule has 1 aromatic rings. The largest absolute Gasteiger partial charge is 0.358 e. The molecule has 0 atom stereocenters. The first kappa shape index (κ1) is 16.7.